The molecule has 0 unspecified atom stereocenters. The number of amides is 1. The molecule has 20 heavy (non-hydrogen) atoms. The SMILES string of the molecule is CCCc1cc(C(=O)Nc2ccc3sccc3c2)n[nH]1. The highest BCUT2D eigenvalue weighted by Gasteiger charge is 2.10. The van der Waals surface area contributed by atoms with Gasteiger partial charge < -0.3 is 5.32 Å². The first-order valence-electron chi connectivity index (χ1n) is 6.59. The number of fused-ring (bicyclic) bond motifs is 1. The van der Waals surface area contributed by atoms with Crippen molar-refractivity contribution >= 4 is 33.0 Å². The molecule has 0 bridgehead atoms. The zero-order valence-corrected chi connectivity index (χ0v) is 12.0. The maximum atomic E-state index is 12.1. The first-order chi connectivity index (χ1) is 9.76. The molecule has 0 radical (unpaired) electrons. The lowest BCUT2D eigenvalue weighted by atomic mass is 10.2. The summed E-state index contributed by atoms with van der Waals surface area (Å²) in [5.41, 5.74) is 2.21. The maximum absolute atomic E-state index is 12.1. The molecule has 1 amide bonds. The van der Waals surface area contributed by atoms with E-state index in [1.807, 2.05) is 35.7 Å². The Balaban J connectivity index is 1.76. The number of aromatic amines is 1. The van der Waals surface area contributed by atoms with E-state index in [2.05, 4.69) is 22.4 Å². The molecule has 0 fully saturated rings. The Morgan fingerprint density at radius 1 is 1.35 bits per heavy atom. The number of hydrogen-bond donors (Lipinski definition) is 2. The first-order valence-corrected chi connectivity index (χ1v) is 7.47. The van der Waals surface area contributed by atoms with Gasteiger partial charge in [0.1, 0.15) is 0 Å². The summed E-state index contributed by atoms with van der Waals surface area (Å²) in [6, 6.07) is 9.76. The fourth-order valence-corrected chi connectivity index (χ4v) is 2.89. The van der Waals surface area contributed by atoms with E-state index in [0.717, 1.165) is 29.6 Å². The predicted octanol–water partition coefficient (Wildman–Crippen LogP) is 3.83. The molecular weight excluding hydrogens is 270 g/mol. The third-order valence-electron chi connectivity index (χ3n) is 3.09. The monoisotopic (exact) mass is 285 g/mol. The van der Waals surface area contributed by atoms with E-state index in [9.17, 15) is 4.79 Å². The van der Waals surface area contributed by atoms with Crippen LogP contribution in [0.1, 0.15) is 29.5 Å². The lowest BCUT2D eigenvalue weighted by Crippen LogP contribution is -2.12. The van der Waals surface area contributed by atoms with E-state index < -0.39 is 0 Å². The second-order valence-electron chi connectivity index (χ2n) is 4.66. The highest BCUT2D eigenvalue weighted by atomic mass is 32.1. The van der Waals surface area contributed by atoms with Crippen molar-refractivity contribution in [3.05, 3.63) is 47.1 Å². The average Bonchev–Trinajstić information content (AvgIpc) is 3.07. The van der Waals surface area contributed by atoms with Crippen molar-refractivity contribution in [2.45, 2.75) is 19.8 Å². The summed E-state index contributed by atoms with van der Waals surface area (Å²) in [5, 5.41) is 13.0. The molecule has 3 rings (SSSR count). The minimum absolute atomic E-state index is 0.182. The van der Waals surface area contributed by atoms with Gasteiger partial charge in [-0.05, 0) is 47.5 Å². The number of thiophene rings is 1. The quantitative estimate of drug-likeness (QED) is 0.765. The molecule has 0 spiro atoms. The number of rotatable bonds is 4. The van der Waals surface area contributed by atoms with Crippen molar-refractivity contribution in [2.75, 3.05) is 5.32 Å². The number of carbonyl (C=O) groups excluding carboxylic acids is 1. The average molecular weight is 285 g/mol. The molecule has 2 N–H and O–H groups in total. The molecule has 0 saturated heterocycles. The predicted molar refractivity (Wildman–Crippen MR) is 82.4 cm³/mol. The van der Waals surface area contributed by atoms with E-state index in [-0.39, 0.29) is 5.91 Å². The number of carbonyl (C=O) groups is 1. The number of aromatic nitrogens is 2. The first kappa shape index (κ1) is 12.9. The lowest BCUT2D eigenvalue weighted by molar-refractivity contribution is 0.102. The van der Waals surface area contributed by atoms with Crippen LogP contribution in [0.3, 0.4) is 0 Å². The molecule has 2 heterocycles. The van der Waals surface area contributed by atoms with Gasteiger partial charge in [0.25, 0.3) is 5.91 Å². The normalized spacial score (nSPS) is 10.8. The summed E-state index contributed by atoms with van der Waals surface area (Å²) in [6.07, 6.45) is 1.93. The van der Waals surface area contributed by atoms with E-state index in [1.165, 1.54) is 4.70 Å². The molecule has 102 valence electrons. The van der Waals surface area contributed by atoms with Gasteiger partial charge in [0.2, 0.25) is 0 Å². The Labute approximate surface area is 120 Å². The summed E-state index contributed by atoms with van der Waals surface area (Å²) in [4.78, 5) is 12.1. The molecule has 3 aromatic rings. The van der Waals surface area contributed by atoms with Gasteiger partial charge in [0.05, 0.1) is 0 Å². The Hall–Kier alpha value is -2.14. The fraction of sp³-hybridized carbons (Fsp3) is 0.200. The van der Waals surface area contributed by atoms with Crippen LogP contribution in [0, 0.1) is 0 Å². The highest BCUT2D eigenvalue weighted by Crippen LogP contribution is 2.24. The van der Waals surface area contributed by atoms with Gasteiger partial charge in [0, 0.05) is 16.1 Å². The number of nitrogens with zero attached hydrogens (tertiary/aromatic N) is 1. The third-order valence-corrected chi connectivity index (χ3v) is 3.99. The van der Waals surface area contributed by atoms with Crippen LogP contribution < -0.4 is 5.32 Å². The molecule has 0 aliphatic rings. The van der Waals surface area contributed by atoms with Crippen molar-refractivity contribution in [3.8, 4) is 0 Å². The minimum atomic E-state index is -0.182. The molecule has 0 aliphatic carbocycles. The summed E-state index contributed by atoms with van der Waals surface area (Å²) in [6.45, 7) is 2.09. The van der Waals surface area contributed by atoms with Gasteiger partial charge in [-0.1, -0.05) is 13.3 Å². The van der Waals surface area contributed by atoms with Crippen LogP contribution in [0.4, 0.5) is 5.69 Å². The Morgan fingerprint density at radius 3 is 3.10 bits per heavy atom. The van der Waals surface area contributed by atoms with E-state index >= 15 is 0 Å². The maximum Gasteiger partial charge on any atom is 0.276 e. The summed E-state index contributed by atoms with van der Waals surface area (Å²) in [7, 11) is 0. The van der Waals surface area contributed by atoms with Crippen LogP contribution in [0.15, 0.2) is 35.7 Å². The van der Waals surface area contributed by atoms with E-state index in [4.69, 9.17) is 0 Å². The van der Waals surface area contributed by atoms with Crippen LogP contribution in [0.2, 0.25) is 0 Å². The summed E-state index contributed by atoms with van der Waals surface area (Å²) >= 11 is 1.69. The lowest BCUT2D eigenvalue weighted by Gasteiger charge is -2.02. The van der Waals surface area contributed by atoms with Gasteiger partial charge in [0.15, 0.2) is 5.69 Å². The topological polar surface area (TPSA) is 57.8 Å². The van der Waals surface area contributed by atoms with Crippen LogP contribution in [0.5, 0.6) is 0 Å². The summed E-state index contributed by atoms with van der Waals surface area (Å²) < 4.78 is 1.22. The zero-order chi connectivity index (χ0) is 13.9. The largest absolute Gasteiger partial charge is 0.321 e. The number of benzene rings is 1. The molecule has 4 nitrogen and oxygen atoms in total. The smallest absolute Gasteiger partial charge is 0.276 e. The van der Waals surface area contributed by atoms with Crippen molar-refractivity contribution in [1.29, 1.82) is 0 Å². The number of H-pyrrole nitrogens is 1. The summed E-state index contributed by atoms with van der Waals surface area (Å²) in [5.74, 6) is -0.182. The fourth-order valence-electron chi connectivity index (χ4n) is 2.11. The number of nitrogens with one attached hydrogen (secondary N) is 2. The number of aryl methyl sites for hydroxylation is 1. The van der Waals surface area contributed by atoms with Crippen molar-refractivity contribution in [2.24, 2.45) is 0 Å². The van der Waals surface area contributed by atoms with Crippen molar-refractivity contribution in [1.82, 2.24) is 10.2 Å². The molecule has 1 aromatic carbocycles. The molecule has 5 heteroatoms. The molecule has 0 saturated carbocycles. The van der Waals surface area contributed by atoms with E-state index in [0.29, 0.717) is 5.69 Å². The molecule has 0 atom stereocenters. The number of hydrogen-bond acceptors (Lipinski definition) is 3. The van der Waals surface area contributed by atoms with Gasteiger partial charge in [-0.15, -0.1) is 11.3 Å². The van der Waals surface area contributed by atoms with Crippen LogP contribution in [0.25, 0.3) is 10.1 Å². The van der Waals surface area contributed by atoms with Crippen LogP contribution in [-0.4, -0.2) is 16.1 Å². The van der Waals surface area contributed by atoms with Gasteiger partial charge in [-0.2, -0.15) is 5.10 Å². The molecule has 2 aromatic heterocycles. The second-order valence-corrected chi connectivity index (χ2v) is 5.60. The third kappa shape index (κ3) is 2.58. The van der Waals surface area contributed by atoms with Crippen molar-refractivity contribution < 1.29 is 4.79 Å². The van der Waals surface area contributed by atoms with Crippen LogP contribution in [-0.2, 0) is 6.42 Å². The second kappa shape index (κ2) is 5.46. The zero-order valence-electron chi connectivity index (χ0n) is 11.1. The Kier molecular flexibility index (Phi) is 3.52. The standard InChI is InChI=1S/C15H15N3OS/c1-2-3-12-9-13(18-17-12)15(19)16-11-4-5-14-10(8-11)6-7-20-14/h4-9H,2-3H2,1H3,(H,16,19)(H,17,18). The number of anilines is 1. The van der Waals surface area contributed by atoms with Crippen molar-refractivity contribution in [3.63, 3.8) is 0 Å². The van der Waals surface area contributed by atoms with Gasteiger partial charge >= 0.3 is 0 Å². The molecular formula is C15H15N3OS. The van der Waals surface area contributed by atoms with Crippen LogP contribution >= 0.6 is 11.3 Å². The molecule has 0 aliphatic heterocycles. The Bertz CT molecular complexity index is 744. The highest BCUT2D eigenvalue weighted by molar-refractivity contribution is 7.17. The minimum Gasteiger partial charge on any atom is -0.321 e. The van der Waals surface area contributed by atoms with Gasteiger partial charge in [-0.3, -0.25) is 9.89 Å². The van der Waals surface area contributed by atoms with E-state index in [1.54, 1.807) is 11.3 Å². The van der Waals surface area contributed by atoms with Gasteiger partial charge in [-0.25, -0.2) is 0 Å². The Morgan fingerprint density at radius 2 is 2.25 bits per heavy atom.